The highest BCUT2D eigenvalue weighted by Crippen LogP contribution is 2.31. The first-order valence-electron chi connectivity index (χ1n) is 7.04. The van der Waals surface area contributed by atoms with Crippen molar-refractivity contribution in [1.82, 2.24) is 4.90 Å². The second kappa shape index (κ2) is 5.51. The highest BCUT2D eigenvalue weighted by molar-refractivity contribution is 5.79. The van der Waals surface area contributed by atoms with Gasteiger partial charge in [0.2, 0.25) is 0 Å². The number of fused-ring (bicyclic) bond motifs is 1. The number of nitrogens with zero attached hydrogens (tertiary/aromatic N) is 1. The molecule has 2 aliphatic rings. The van der Waals surface area contributed by atoms with Crippen LogP contribution in [0.3, 0.4) is 0 Å². The molecule has 0 aromatic heterocycles. The summed E-state index contributed by atoms with van der Waals surface area (Å²) in [6.07, 6.45) is 4.45. The largest absolute Gasteiger partial charge is 0.486 e. The average molecular weight is 260 g/mol. The molecule has 0 radical (unpaired) electrons. The summed E-state index contributed by atoms with van der Waals surface area (Å²) in [6.45, 7) is 2.30. The molecule has 0 bridgehead atoms. The number of likely N-dealkylation sites (tertiary alicyclic amines) is 1. The smallest absolute Gasteiger partial charge is 0.161 e. The van der Waals surface area contributed by atoms with Crippen molar-refractivity contribution < 1.29 is 9.47 Å². The van der Waals surface area contributed by atoms with Crippen LogP contribution in [-0.2, 0) is 0 Å². The second-order valence-corrected chi connectivity index (χ2v) is 5.20. The molecule has 3 rings (SSSR count). The highest BCUT2D eigenvalue weighted by Gasteiger charge is 2.24. The summed E-state index contributed by atoms with van der Waals surface area (Å²) in [6, 6.07) is 7.78. The van der Waals surface area contributed by atoms with E-state index in [1.807, 2.05) is 24.3 Å². The maximum Gasteiger partial charge on any atom is 0.161 e. The molecule has 4 heteroatoms. The van der Waals surface area contributed by atoms with Crippen LogP contribution in [0.15, 0.2) is 24.3 Å². The monoisotopic (exact) mass is 260 g/mol. The van der Waals surface area contributed by atoms with Gasteiger partial charge in [-0.3, -0.25) is 5.41 Å². The van der Waals surface area contributed by atoms with Gasteiger partial charge in [0, 0.05) is 13.0 Å². The normalized spacial score (nSPS) is 23.1. The van der Waals surface area contributed by atoms with Gasteiger partial charge in [-0.1, -0.05) is 18.6 Å². The minimum atomic E-state index is 0.0216. The molecule has 1 saturated heterocycles. The van der Waals surface area contributed by atoms with Crippen molar-refractivity contribution >= 4 is 5.84 Å². The van der Waals surface area contributed by atoms with Gasteiger partial charge < -0.3 is 14.4 Å². The maximum atomic E-state index is 8.08. The Morgan fingerprint density at radius 1 is 1.16 bits per heavy atom. The minimum Gasteiger partial charge on any atom is -0.486 e. The molecule has 1 aromatic carbocycles. The van der Waals surface area contributed by atoms with E-state index in [0.717, 1.165) is 43.3 Å². The van der Waals surface area contributed by atoms with E-state index >= 15 is 0 Å². The number of benzene rings is 1. The molecule has 2 heterocycles. The van der Waals surface area contributed by atoms with Gasteiger partial charge in [-0.2, -0.15) is 0 Å². The molecule has 0 amide bonds. The first kappa shape index (κ1) is 12.3. The van der Waals surface area contributed by atoms with Crippen molar-refractivity contribution in [3.63, 3.8) is 0 Å². The lowest BCUT2D eigenvalue weighted by Gasteiger charge is -2.31. The van der Waals surface area contributed by atoms with Gasteiger partial charge in [0.15, 0.2) is 17.6 Å². The average Bonchev–Trinajstić information content (AvgIpc) is 2.64. The van der Waals surface area contributed by atoms with Crippen molar-refractivity contribution in [1.29, 1.82) is 5.41 Å². The summed E-state index contributed by atoms with van der Waals surface area (Å²) in [5.41, 5.74) is 0. The number of para-hydroxylation sites is 2. The lowest BCUT2D eigenvalue weighted by molar-refractivity contribution is 0.0739. The summed E-state index contributed by atoms with van der Waals surface area (Å²) in [5.74, 6) is 2.39. The van der Waals surface area contributed by atoms with Crippen LogP contribution in [0.25, 0.3) is 0 Å². The minimum absolute atomic E-state index is 0.0216. The fraction of sp³-hybridized carbons (Fsp3) is 0.533. The molecular formula is C15H20N2O2. The van der Waals surface area contributed by atoms with Gasteiger partial charge in [-0.25, -0.2) is 0 Å². The Bertz CT molecular complexity index is 461. The third kappa shape index (κ3) is 2.83. The van der Waals surface area contributed by atoms with E-state index in [0.29, 0.717) is 6.61 Å². The molecule has 1 unspecified atom stereocenters. The predicted molar refractivity (Wildman–Crippen MR) is 74.1 cm³/mol. The summed E-state index contributed by atoms with van der Waals surface area (Å²) in [4.78, 5) is 2.15. The Morgan fingerprint density at radius 3 is 2.89 bits per heavy atom. The lowest BCUT2D eigenvalue weighted by atomic mass is 10.2. The van der Waals surface area contributed by atoms with Crippen LogP contribution in [0.4, 0.5) is 0 Å². The first-order valence-corrected chi connectivity index (χ1v) is 7.04. The summed E-state index contributed by atoms with van der Waals surface area (Å²) in [5, 5.41) is 8.08. The van der Waals surface area contributed by atoms with Crippen molar-refractivity contribution in [2.24, 2.45) is 0 Å². The van der Waals surface area contributed by atoms with Crippen LogP contribution in [0.1, 0.15) is 25.7 Å². The maximum absolute atomic E-state index is 8.08. The molecule has 1 aromatic rings. The Morgan fingerprint density at radius 2 is 2.00 bits per heavy atom. The quantitative estimate of drug-likeness (QED) is 0.889. The predicted octanol–water partition coefficient (Wildman–Crippen LogP) is 2.68. The van der Waals surface area contributed by atoms with Crippen molar-refractivity contribution in [2.75, 3.05) is 19.7 Å². The number of ether oxygens (including phenoxy) is 2. The third-order valence-corrected chi connectivity index (χ3v) is 3.71. The molecule has 0 saturated carbocycles. The van der Waals surface area contributed by atoms with Gasteiger partial charge in [0.05, 0.1) is 12.4 Å². The molecule has 1 N–H and O–H groups in total. The fourth-order valence-electron chi connectivity index (χ4n) is 2.67. The van der Waals surface area contributed by atoms with Gasteiger partial charge in [0.25, 0.3) is 0 Å². The summed E-state index contributed by atoms with van der Waals surface area (Å²) in [7, 11) is 0. The second-order valence-electron chi connectivity index (χ2n) is 5.20. The zero-order chi connectivity index (χ0) is 13.1. The zero-order valence-electron chi connectivity index (χ0n) is 11.1. The molecule has 102 valence electrons. The molecule has 19 heavy (non-hydrogen) atoms. The molecular weight excluding hydrogens is 240 g/mol. The van der Waals surface area contributed by atoms with Crippen LogP contribution < -0.4 is 9.47 Å². The molecule has 0 spiro atoms. The number of hydrogen-bond acceptors (Lipinski definition) is 3. The Hall–Kier alpha value is -1.71. The number of hydrogen-bond donors (Lipinski definition) is 1. The molecule has 2 aliphatic heterocycles. The Balaban J connectivity index is 1.63. The van der Waals surface area contributed by atoms with Gasteiger partial charge >= 0.3 is 0 Å². The van der Waals surface area contributed by atoms with Gasteiger partial charge in [-0.15, -0.1) is 0 Å². The Labute approximate surface area is 113 Å². The van der Waals surface area contributed by atoms with Gasteiger partial charge in [-0.05, 0) is 25.0 Å². The SMILES string of the molecule is N=C1CCCCCN1CC1COc2ccccc2O1. The van der Waals surface area contributed by atoms with Crippen molar-refractivity contribution in [2.45, 2.75) is 31.8 Å². The standard InChI is InChI=1S/C15H20N2O2/c16-15-8-2-1-5-9-17(15)10-12-11-18-13-6-3-4-7-14(13)19-12/h3-4,6-7,12,16H,1-2,5,8-11H2. The summed E-state index contributed by atoms with van der Waals surface area (Å²) >= 11 is 0. The molecule has 0 aliphatic carbocycles. The van der Waals surface area contributed by atoms with E-state index in [1.165, 1.54) is 12.8 Å². The lowest BCUT2D eigenvalue weighted by Crippen LogP contribution is -2.43. The highest BCUT2D eigenvalue weighted by atomic mass is 16.6. The third-order valence-electron chi connectivity index (χ3n) is 3.71. The number of amidine groups is 1. The van der Waals surface area contributed by atoms with E-state index in [2.05, 4.69) is 4.90 Å². The van der Waals surface area contributed by atoms with Crippen LogP contribution in [0, 0.1) is 5.41 Å². The van der Waals surface area contributed by atoms with Crippen LogP contribution in [-0.4, -0.2) is 36.5 Å². The van der Waals surface area contributed by atoms with E-state index in [-0.39, 0.29) is 6.10 Å². The number of nitrogens with one attached hydrogen (secondary N) is 1. The fourth-order valence-corrected chi connectivity index (χ4v) is 2.67. The van der Waals surface area contributed by atoms with Crippen molar-refractivity contribution in [3.05, 3.63) is 24.3 Å². The molecule has 1 atom stereocenters. The van der Waals surface area contributed by atoms with E-state index in [9.17, 15) is 0 Å². The van der Waals surface area contributed by atoms with Crippen LogP contribution >= 0.6 is 0 Å². The summed E-state index contributed by atoms with van der Waals surface area (Å²) < 4.78 is 11.7. The van der Waals surface area contributed by atoms with Crippen molar-refractivity contribution in [3.8, 4) is 11.5 Å². The first-order chi connectivity index (χ1) is 9.33. The zero-order valence-corrected chi connectivity index (χ0v) is 11.1. The van der Waals surface area contributed by atoms with Crippen LogP contribution in [0.2, 0.25) is 0 Å². The van der Waals surface area contributed by atoms with Gasteiger partial charge in [0.1, 0.15) is 6.61 Å². The molecule has 1 fully saturated rings. The van der Waals surface area contributed by atoms with Crippen LogP contribution in [0.5, 0.6) is 11.5 Å². The van der Waals surface area contributed by atoms with E-state index < -0.39 is 0 Å². The molecule has 4 nitrogen and oxygen atoms in total. The number of rotatable bonds is 2. The van der Waals surface area contributed by atoms with E-state index in [4.69, 9.17) is 14.9 Å². The van der Waals surface area contributed by atoms with E-state index in [1.54, 1.807) is 0 Å². The Kier molecular flexibility index (Phi) is 3.58. The topological polar surface area (TPSA) is 45.6 Å².